The molecule has 2 radical (unpaired) electrons. The van der Waals surface area contributed by atoms with Gasteiger partial charge >= 0.3 is 33.6 Å². The topological polar surface area (TPSA) is 142 Å². The standard InChI is InChI=1S/2C38H32N2O2.2Co/c2*1-23-11-9-12-24(2)35(23)39-21-29-19-27-15-5-7-17-31(27)33(37(29)41)34-32-18-8-6-16-28(32)20-30(38(34)42)22-40-36-25(3)13-10-14-26(36)4;;/h2*5-22,41-42H,1-4H3;;/q;;2*+2/p-4. The molecule has 0 atom stereocenters. The van der Waals surface area contributed by atoms with Gasteiger partial charge in [-0.1, -0.05) is 193 Å². The molecule has 426 valence electrons. The molecule has 8 nitrogen and oxygen atoms in total. The van der Waals surface area contributed by atoms with E-state index in [1.165, 1.54) is 0 Å². The van der Waals surface area contributed by atoms with Gasteiger partial charge in [-0.2, -0.15) is 0 Å². The summed E-state index contributed by atoms with van der Waals surface area (Å²) in [5.41, 5.74) is 14.9. The van der Waals surface area contributed by atoms with Crippen LogP contribution >= 0.6 is 0 Å². The van der Waals surface area contributed by atoms with E-state index < -0.39 is 0 Å². The van der Waals surface area contributed by atoms with Gasteiger partial charge in [0.15, 0.2) is 0 Å². The van der Waals surface area contributed by atoms with E-state index >= 15 is 0 Å². The molecule has 0 bridgehead atoms. The number of hydrogen-bond donors (Lipinski definition) is 0. The molecule has 0 saturated heterocycles. The van der Waals surface area contributed by atoms with Gasteiger partial charge in [0.25, 0.3) is 0 Å². The van der Waals surface area contributed by atoms with Gasteiger partial charge in [0.2, 0.25) is 0 Å². The minimum atomic E-state index is -0.227. The SMILES string of the molecule is Cc1cccc(C)c1N=Cc1cc2ccccc2c(-c2c([O-])c(C=Nc3c(C)cccc3C)cc3ccccc23)c1[O-].Cc1cccc(C)c1N=Cc1cc2ccccc2c(-c2c([O-])c(C=Nc3c(C)cccc3C)cc3ccccc23)c1[O-].[Co+2].[Co+2]. The first kappa shape index (κ1) is 61.1. The Balaban J connectivity index is 0.000000201. The number of hydrogen-bond acceptors (Lipinski definition) is 8. The van der Waals surface area contributed by atoms with Crippen molar-refractivity contribution in [3.8, 4) is 45.3 Å². The number of fused-ring (bicyclic) bond motifs is 4. The summed E-state index contributed by atoms with van der Waals surface area (Å²) in [5, 5.41) is 63.6. The monoisotopic (exact) mass is 1210 g/mol. The van der Waals surface area contributed by atoms with Gasteiger partial charge in [-0.3, -0.25) is 20.0 Å². The first-order valence-electron chi connectivity index (χ1n) is 28.0. The molecule has 12 aromatic rings. The summed E-state index contributed by atoms with van der Waals surface area (Å²) < 4.78 is 0. The Kier molecular flexibility index (Phi) is 18.7. The van der Waals surface area contributed by atoms with E-state index in [1.807, 2.05) is 250 Å². The number of aryl methyl sites for hydroxylation is 8. The minimum absolute atomic E-state index is 0. The number of nitrogens with zero attached hydrogens (tertiary/aromatic N) is 4. The van der Waals surface area contributed by atoms with Crippen LogP contribution in [0.5, 0.6) is 23.0 Å². The van der Waals surface area contributed by atoms with Gasteiger partial charge in [0.1, 0.15) is 0 Å². The molecule has 0 fully saturated rings. The Labute approximate surface area is 522 Å². The van der Waals surface area contributed by atoms with Crippen LogP contribution < -0.4 is 20.4 Å². The van der Waals surface area contributed by atoms with Crippen molar-refractivity contribution in [2.75, 3.05) is 0 Å². The molecule has 0 N–H and O–H groups in total. The van der Waals surface area contributed by atoms with Crippen molar-refractivity contribution in [3.05, 3.63) is 261 Å². The minimum Gasteiger partial charge on any atom is -0.872 e. The summed E-state index contributed by atoms with van der Waals surface area (Å²) in [6.07, 6.45) is 6.53. The van der Waals surface area contributed by atoms with E-state index in [-0.39, 0.29) is 56.6 Å². The molecule has 0 aliphatic rings. The molecule has 0 unspecified atom stereocenters. The largest absolute Gasteiger partial charge is 2.00 e. The molecule has 0 heterocycles. The van der Waals surface area contributed by atoms with Crippen molar-refractivity contribution in [2.45, 2.75) is 55.4 Å². The predicted molar refractivity (Wildman–Crippen MR) is 344 cm³/mol. The van der Waals surface area contributed by atoms with E-state index in [1.54, 1.807) is 24.9 Å². The van der Waals surface area contributed by atoms with Crippen LogP contribution in [0.4, 0.5) is 22.7 Å². The van der Waals surface area contributed by atoms with Gasteiger partial charge in [0.05, 0.1) is 22.7 Å². The molecule has 0 saturated carbocycles. The number of para-hydroxylation sites is 4. The Bertz CT molecular complexity index is 4040. The second kappa shape index (κ2) is 26.2. The molecule has 0 aliphatic heterocycles. The number of aliphatic imine (C=N–C) groups is 4. The summed E-state index contributed by atoms with van der Waals surface area (Å²) in [6.45, 7) is 16.0. The smallest absolute Gasteiger partial charge is 0.872 e. The second-order valence-electron chi connectivity index (χ2n) is 21.6. The molecule has 0 aromatic heterocycles. The van der Waals surface area contributed by atoms with Gasteiger partial charge in [-0.25, -0.2) is 0 Å². The average Bonchev–Trinajstić information content (AvgIpc) is 0.827. The van der Waals surface area contributed by atoms with Crippen LogP contribution in [-0.2, 0) is 33.6 Å². The quantitative estimate of drug-likeness (QED) is 0.126. The molecule has 0 spiro atoms. The zero-order valence-corrected chi connectivity index (χ0v) is 51.0. The number of benzene rings is 12. The first-order valence-corrected chi connectivity index (χ1v) is 28.0. The summed E-state index contributed by atoms with van der Waals surface area (Å²) in [4.78, 5) is 18.9. The molecule has 12 rings (SSSR count). The van der Waals surface area contributed by atoms with Gasteiger partial charge in [0, 0.05) is 24.9 Å². The Morgan fingerprint density at radius 3 is 0.605 bits per heavy atom. The number of rotatable bonds is 10. The summed E-state index contributed by atoms with van der Waals surface area (Å²) in [6, 6.07) is 62.3. The molecule has 0 amide bonds. The zero-order chi connectivity index (χ0) is 58.8. The van der Waals surface area contributed by atoms with Crippen molar-refractivity contribution in [3.63, 3.8) is 0 Å². The second-order valence-corrected chi connectivity index (χ2v) is 21.6. The van der Waals surface area contributed by atoms with Crippen LogP contribution in [0.2, 0.25) is 0 Å². The molecule has 12 aromatic carbocycles. The van der Waals surface area contributed by atoms with Crippen LogP contribution in [0.15, 0.2) is 214 Å². The van der Waals surface area contributed by atoms with Gasteiger partial charge in [-0.05, 0) is 212 Å². The van der Waals surface area contributed by atoms with Crippen LogP contribution in [0.1, 0.15) is 66.8 Å². The maximum absolute atomic E-state index is 14.3. The van der Waals surface area contributed by atoms with Crippen molar-refractivity contribution in [1.29, 1.82) is 0 Å². The third kappa shape index (κ3) is 12.1. The summed E-state index contributed by atoms with van der Waals surface area (Å²) in [7, 11) is 0. The van der Waals surface area contributed by atoms with Crippen molar-refractivity contribution in [1.82, 2.24) is 0 Å². The summed E-state index contributed by atoms with van der Waals surface area (Å²) >= 11 is 0. The average molecular weight is 1210 g/mol. The molecule has 10 heteroatoms. The zero-order valence-electron chi connectivity index (χ0n) is 48.9. The molecular weight excluding hydrogens is 1150 g/mol. The van der Waals surface area contributed by atoms with E-state index in [9.17, 15) is 20.4 Å². The van der Waals surface area contributed by atoms with E-state index in [0.29, 0.717) is 44.5 Å². The molecule has 86 heavy (non-hydrogen) atoms. The normalized spacial score (nSPS) is 11.5. The molecular formula is C76H60Co2N4O4. The fourth-order valence-electron chi connectivity index (χ4n) is 11.4. The van der Waals surface area contributed by atoms with E-state index in [2.05, 4.69) is 0 Å². The van der Waals surface area contributed by atoms with Crippen LogP contribution in [0, 0.1) is 55.4 Å². The van der Waals surface area contributed by atoms with Crippen molar-refractivity contribution < 1.29 is 54.0 Å². The van der Waals surface area contributed by atoms with E-state index in [0.717, 1.165) is 110 Å². The Morgan fingerprint density at radius 1 is 0.244 bits per heavy atom. The predicted octanol–water partition coefficient (Wildman–Crippen LogP) is 17.1. The van der Waals surface area contributed by atoms with Crippen molar-refractivity contribution in [2.24, 2.45) is 20.0 Å². The summed E-state index contributed by atoms with van der Waals surface area (Å²) in [5.74, 6) is -0.908. The van der Waals surface area contributed by atoms with Gasteiger partial charge in [-0.15, -0.1) is 0 Å². The molecule has 0 aliphatic carbocycles. The van der Waals surface area contributed by atoms with Crippen LogP contribution in [-0.4, -0.2) is 24.9 Å². The fourth-order valence-corrected chi connectivity index (χ4v) is 11.4. The Hall–Kier alpha value is -9.43. The first-order chi connectivity index (χ1) is 40.7. The van der Waals surface area contributed by atoms with Gasteiger partial charge < -0.3 is 20.4 Å². The van der Waals surface area contributed by atoms with Crippen LogP contribution in [0.3, 0.4) is 0 Å². The third-order valence-corrected chi connectivity index (χ3v) is 15.7. The maximum atomic E-state index is 14.3. The maximum Gasteiger partial charge on any atom is 2.00 e. The van der Waals surface area contributed by atoms with Crippen LogP contribution in [0.25, 0.3) is 65.3 Å². The van der Waals surface area contributed by atoms with Crippen molar-refractivity contribution >= 4 is 90.7 Å². The Morgan fingerprint density at radius 2 is 0.419 bits per heavy atom. The fraction of sp³-hybridized carbons (Fsp3) is 0.105. The van der Waals surface area contributed by atoms with E-state index in [4.69, 9.17) is 20.0 Å². The third-order valence-electron chi connectivity index (χ3n) is 15.7.